The van der Waals surface area contributed by atoms with Gasteiger partial charge in [0.25, 0.3) is 0 Å². The SMILES string of the molecule is CC(C)(C)[Si](C)(C)OCC1C(O)CC1n1cnc2c(Cl)nc(N)nc21. The number of aliphatic hydroxyl groups is 1. The van der Waals surface area contributed by atoms with Crippen LogP contribution in [0.2, 0.25) is 23.3 Å². The Kier molecular flexibility index (Phi) is 4.60. The highest BCUT2D eigenvalue weighted by atomic mass is 35.5. The number of nitrogens with two attached hydrogens (primary N) is 1. The van der Waals surface area contributed by atoms with E-state index in [1.807, 2.05) is 4.57 Å². The van der Waals surface area contributed by atoms with Crippen molar-refractivity contribution >= 4 is 37.0 Å². The van der Waals surface area contributed by atoms with E-state index >= 15 is 0 Å². The number of aliphatic hydroxyl groups excluding tert-OH is 1. The number of nitrogens with zero attached hydrogens (tertiary/aromatic N) is 4. The van der Waals surface area contributed by atoms with Crippen LogP contribution in [0, 0.1) is 5.92 Å². The molecular formula is C16H26ClN5O2Si. The summed E-state index contributed by atoms with van der Waals surface area (Å²) in [6.07, 6.45) is 1.95. The molecule has 3 rings (SSSR count). The fraction of sp³-hybridized carbons (Fsp3) is 0.688. The summed E-state index contributed by atoms with van der Waals surface area (Å²) in [7, 11) is -1.87. The maximum atomic E-state index is 10.3. The second-order valence-electron chi connectivity index (χ2n) is 8.30. The average Bonchev–Trinajstić information content (AvgIpc) is 2.86. The van der Waals surface area contributed by atoms with Crippen LogP contribution in [0.4, 0.5) is 5.95 Å². The molecule has 2 aromatic heterocycles. The van der Waals surface area contributed by atoms with Crippen LogP contribution >= 0.6 is 11.6 Å². The van der Waals surface area contributed by atoms with Gasteiger partial charge in [-0.2, -0.15) is 9.97 Å². The molecule has 2 aromatic rings. The first-order chi connectivity index (χ1) is 11.5. The van der Waals surface area contributed by atoms with Crippen LogP contribution in [0.15, 0.2) is 6.33 Å². The molecule has 0 aromatic carbocycles. The van der Waals surface area contributed by atoms with Crippen molar-refractivity contribution in [3.8, 4) is 0 Å². The number of hydrogen-bond donors (Lipinski definition) is 2. The summed E-state index contributed by atoms with van der Waals surface area (Å²) in [6.45, 7) is 11.6. The van der Waals surface area contributed by atoms with E-state index in [1.165, 1.54) is 0 Å². The Morgan fingerprint density at radius 2 is 2.08 bits per heavy atom. The summed E-state index contributed by atoms with van der Waals surface area (Å²) in [5.74, 6) is 0.120. The van der Waals surface area contributed by atoms with Crippen LogP contribution in [0.5, 0.6) is 0 Å². The van der Waals surface area contributed by atoms with Crippen LogP contribution in [0.25, 0.3) is 11.2 Å². The van der Waals surface area contributed by atoms with Gasteiger partial charge >= 0.3 is 0 Å². The van der Waals surface area contributed by atoms with Crippen molar-refractivity contribution in [3.05, 3.63) is 11.5 Å². The molecule has 1 aliphatic rings. The Morgan fingerprint density at radius 1 is 1.40 bits per heavy atom. The van der Waals surface area contributed by atoms with Gasteiger partial charge in [-0.1, -0.05) is 32.4 Å². The Hall–Kier alpha value is -1.22. The third-order valence-corrected chi connectivity index (χ3v) is 10.4. The van der Waals surface area contributed by atoms with E-state index in [9.17, 15) is 5.11 Å². The summed E-state index contributed by atoms with van der Waals surface area (Å²) < 4.78 is 8.25. The van der Waals surface area contributed by atoms with E-state index in [4.69, 9.17) is 21.8 Å². The molecule has 2 heterocycles. The monoisotopic (exact) mass is 383 g/mol. The molecule has 0 bridgehead atoms. The highest BCUT2D eigenvalue weighted by Crippen LogP contribution is 2.43. The normalized spacial score (nSPS) is 24.5. The van der Waals surface area contributed by atoms with Crippen molar-refractivity contribution < 1.29 is 9.53 Å². The zero-order valence-corrected chi connectivity index (χ0v) is 17.1. The molecule has 7 nitrogen and oxygen atoms in total. The quantitative estimate of drug-likeness (QED) is 0.621. The molecule has 1 fully saturated rings. The van der Waals surface area contributed by atoms with Crippen molar-refractivity contribution in [1.29, 1.82) is 0 Å². The molecule has 1 aliphatic carbocycles. The van der Waals surface area contributed by atoms with E-state index in [-0.39, 0.29) is 34.2 Å². The Bertz CT molecular complexity index is 789. The number of aromatic nitrogens is 4. The number of hydrogen-bond acceptors (Lipinski definition) is 6. The average molecular weight is 384 g/mol. The molecule has 9 heteroatoms. The first kappa shape index (κ1) is 18.6. The maximum absolute atomic E-state index is 10.3. The van der Waals surface area contributed by atoms with Crippen molar-refractivity contribution in [1.82, 2.24) is 19.5 Å². The molecule has 1 saturated carbocycles. The summed E-state index contributed by atoms with van der Waals surface area (Å²) >= 11 is 6.10. The molecule has 0 aliphatic heterocycles. The van der Waals surface area contributed by atoms with Crippen LogP contribution in [0.3, 0.4) is 0 Å². The minimum absolute atomic E-state index is 0.00138. The summed E-state index contributed by atoms with van der Waals surface area (Å²) in [4.78, 5) is 12.5. The van der Waals surface area contributed by atoms with Gasteiger partial charge in [-0.25, -0.2) is 4.98 Å². The van der Waals surface area contributed by atoms with Gasteiger partial charge in [0.1, 0.15) is 5.52 Å². The van der Waals surface area contributed by atoms with Crippen LogP contribution in [-0.2, 0) is 4.43 Å². The van der Waals surface area contributed by atoms with E-state index in [2.05, 4.69) is 48.8 Å². The fourth-order valence-corrected chi connectivity index (χ4v) is 4.12. The van der Waals surface area contributed by atoms with E-state index in [0.717, 1.165) is 0 Å². The van der Waals surface area contributed by atoms with Crippen LogP contribution in [-0.4, -0.2) is 45.7 Å². The van der Waals surface area contributed by atoms with Crippen LogP contribution in [0.1, 0.15) is 33.2 Å². The molecule has 3 atom stereocenters. The largest absolute Gasteiger partial charge is 0.416 e. The molecule has 0 radical (unpaired) electrons. The summed E-state index contributed by atoms with van der Waals surface area (Å²) in [6, 6.07) is 0.0649. The third-order valence-electron chi connectivity index (χ3n) is 5.67. The first-order valence-electron chi connectivity index (χ1n) is 8.49. The summed E-state index contributed by atoms with van der Waals surface area (Å²) in [5, 5.41) is 10.7. The second kappa shape index (κ2) is 6.19. The highest BCUT2D eigenvalue weighted by Gasteiger charge is 2.45. The van der Waals surface area contributed by atoms with Gasteiger partial charge in [0, 0.05) is 18.6 Å². The maximum Gasteiger partial charge on any atom is 0.223 e. The molecule has 138 valence electrons. The predicted octanol–water partition coefficient (Wildman–Crippen LogP) is 3.01. The lowest BCUT2D eigenvalue weighted by Gasteiger charge is -2.45. The molecule has 0 amide bonds. The van der Waals surface area contributed by atoms with Gasteiger partial charge < -0.3 is 19.8 Å². The lowest BCUT2D eigenvalue weighted by atomic mass is 9.77. The molecule has 3 N–H and O–H groups in total. The number of rotatable bonds is 4. The van der Waals surface area contributed by atoms with E-state index < -0.39 is 8.32 Å². The number of nitrogen functional groups attached to an aromatic ring is 1. The van der Waals surface area contributed by atoms with Crippen molar-refractivity contribution in [2.24, 2.45) is 5.92 Å². The Morgan fingerprint density at radius 3 is 2.68 bits per heavy atom. The molecular weight excluding hydrogens is 358 g/mol. The number of fused-ring (bicyclic) bond motifs is 1. The smallest absolute Gasteiger partial charge is 0.223 e. The van der Waals surface area contributed by atoms with Gasteiger partial charge in [0.05, 0.1) is 12.4 Å². The van der Waals surface area contributed by atoms with Crippen LogP contribution < -0.4 is 5.73 Å². The summed E-state index contributed by atoms with van der Waals surface area (Å²) in [5.41, 5.74) is 6.85. The molecule has 3 unspecified atom stereocenters. The lowest BCUT2D eigenvalue weighted by Crippen LogP contribution is -2.49. The number of imidazole rings is 1. The van der Waals surface area contributed by atoms with Crippen molar-refractivity contribution in [2.75, 3.05) is 12.3 Å². The van der Waals surface area contributed by atoms with Crippen molar-refractivity contribution in [3.63, 3.8) is 0 Å². The Labute approximate surface area is 153 Å². The van der Waals surface area contributed by atoms with Gasteiger partial charge in [0.2, 0.25) is 5.95 Å². The zero-order valence-electron chi connectivity index (χ0n) is 15.3. The molecule has 0 spiro atoms. The zero-order chi connectivity index (χ0) is 18.6. The van der Waals surface area contributed by atoms with Gasteiger partial charge in [-0.3, -0.25) is 0 Å². The standard InChI is InChI=1S/C16H26ClN5O2Si/c1-16(2,3)25(4,5)24-7-9-10(6-11(9)23)22-8-19-12-13(17)20-15(18)21-14(12)22/h8-11,23H,6-7H2,1-5H3,(H2,18,20,21). The van der Waals surface area contributed by atoms with Gasteiger partial charge in [-0.15, -0.1) is 0 Å². The van der Waals surface area contributed by atoms with Gasteiger partial charge in [0.15, 0.2) is 19.1 Å². The molecule has 25 heavy (non-hydrogen) atoms. The minimum Gasteiger partial charge on any atom is -0.416 e. The second-order valence-corrected chi connectivity index (χ2v) is 13.5. The Balaban J connectivity index is 1.82. The molecule has 0 saturated heterocycles. The minimum atomic E-state index is -1.87. The van der Waals surface area contributed by atoms with E-state index in [0.29, 0.717) is 24.2 Å². The lowest BCUT2D eigenvalue weighted by molar-refractivity contribution is -0.0485. The highest BCUT2D eigenvalue weighted by molar-refractivity contribution is 6.74. The topological polar surface area (TPSA) is 99.1 Å². The van der Waals surface area contributed by atoms with Crippen molar-refractivity contribution in [2.45, 2.75) is 57.5 Å². The van der Waals surface area contributed by atoms with Gasteiger partial charge in [-0.05, 0) is 24.6 Å². The van der Waals surface area contributed by atoms with E-state index in [1.54, 1.807) is 6.33 Å². The number of halogens is 1. The first-order valence-corrected chi connectivity index (χ1v) is 11.8. The number of anilines is 1. The fourth-order valence-electron chi connectivity index (χ4n) is 2.86. The predicted molar refractivity (Wildman–Crippen MR) is 101 cm³/mol. The third kappa shape index (κ3) is 3.28.